The van der Waals surface area contributed by atoms with Crippen LogP contribution in [0.2, 0.25) is 0 Å². The van der Waals surface area contributed by atoms with Crippen molar-refractivity contribution >= 4 is 21.4 Å². The number of nitrogens with one attached hydrogen (secondary N) is 1. The zero-order chi connectivity index (χ0) is 15.4. The third-order valence-corrected chi connectivity index (χ3v) is 4.46. The molecule has 6 heteroatoms. The maximum absolute atomic E-state index is 14.1. The Labute approximate surface area is 126 Å². The Bertz CT molecular complexity index is 598. The maximum Gasteiger partial charge on any atom is 0.251 e. The average Bonchev–Trinajstić information content (AvgIpc) is 2.74. The second-order valence-electron chi connectivity index (χ2n) is 4.98. The molecule has 1 heterocycles. The molecule has 1 aromatic heterocycles. The summed E-state index contributed by atoms with van der Waals surface area (Å²) in [6, 6.07) is 4.97. The van der Waals surface area contributed by atoms with E-state index in [1.807, 2.05) is 13.0 Å². The standard InChI is InChI=1S/C15H19F3N2S/c1-3-19-7-13-10(8-20(2)9-14(17)18)15-11(16)5-4-6-12(15)21-13/h4-6,14,19H,3,7-9H2,1-2H3. The highest BCUT2D eigenvalue weighted by atomic mass is 32.1. The van der Waals surface area contributed by atoms with E-state index in [0.717, 1.165) is 21.7 Å². The number of thiophene rings is 1. The quantitative estimate of drug-likeness (QED) is 0.835. The summed E-state index contributed by atoms with van der Waals surface area (Å²) in [4.78, 5) is 2.55. The van der Waals surface area contributed by atoms with Gasteiger partial charge in [0.1, 0.15) is 5.82 Å². The van der Waals surface area contributed by atoms with Gasteiger partial charge in [0.05, 0.1) is 6.54 Å². The predicted octanol–water partition coefficient (Wildman–Crippen LogP) is 3.85. The highest BCUT2D eigenvalue weighted by Gasteiger charge is 2.18. The second-order valence-corrected chi connectivity index (χ2v) is 6.12. The van der Waals surface area contributed by atoms with E-state index >= 15 is 0 Å². The van der Waals surface area contributed by atoms with Crippen LogP contribution in [0.3, 0.4) is 0 Å². The van der Waals surface area contributed by atoms with Gasteiger partial charge in [-0.2, -0.15) is 0 Å². The molecule has 0 bridgehead atoms. The first kappa shape index (κ1) is 16.3. The lowest BCUT2D eigenvalue weighted by atomic mass is 10.1. The van der Waals surface area contributed by atoms with Crippen molar-refractivity contribution in [3.05, 3.63) is 34.5 Å². The van der Waals surface area contributed by atoms with Crippen molar-refractivity contribution in [2.24, 2.45) is 0 Å². The number of halogens is 3. The van der Waals surface area contributed by atoms with Crippen LogP contribution in [0.1, 0.15) is 17.4 Å². The molecule has 0 amide bonds. The van der Waals surface area contributed by atoms with Gasteiger partial charge in [-0.1, -0.05) is 13.0 Å². The second kappa shape index (κ2) is 7.24. The van der Waals surface area contributed by atoms with Crippen LogP contribution >= 0.6 is 11.3 Å². The van der Waals surface area contributed by atoms with Crippen LogP contribution < -0.4 is 5.32 Å². The molecule has 0 aliphatic rings. The minimum Gasteiger partial charge on any atom is -0.312 e. The summed E-state index contributed by atoms with van der Waals surface area (Å²) in [6.07, 6.45) is -2.39. The molecule has 1 N–H and O–H groups in total. The molecule has 0 saturated heterocycles. The monoisotopic (exact) mass is 316 g/mol. The van der Waals surface area contributed by atoms with Gasteiger partial charge < -0.3 is 5.32 Å². The van der Waals surface area contributed by atoms with Crippen molar-refractivity contribution in [1.29, 1.82) is 0 Å². The van der Waals surface area contributed by atoms with Gasteiger partial charge in [-0.05, 0) is 31.3 Å². The summed E-state index contributed by atoms with van der Waals surface area (Å²) >= 11 is 1.52. The summed E-state index contributed by atoms with van der Waals surface area (Å²) in [5.74, 6) is -0.285. The first-order chi connectivity index (χ1) is 10.0. The van der Waals surface area contributed by atoms with Gasteiger partial charge in [-0.15, -0.1) is 11.3 Å². The molecule has 0 spiro atoms. The SMILES string of the molecule is CCNCc1sc2cccc(F)c2c1CN(C)CC(F)F. The predicted molar refractivity (Wildman–Crippen MR) is 81.5 cm³/mol. The number of fused-ring (bicyclic) bond motifs is 1. The Hall–Kier alpha value is -1.11. The molecule has 21 heavy (non-hydrogen) atoms. The zero-order valence-electron chi connectivity index (χ0n) is 12.1. The fourth-order valence-electron chi connectivity index (χ4n) is 2.33. The Balaban J connectivity index is 2.37. The lowest BCUT2D eigenvalue weighted by Gasteiger charge is -2.17. The smallest absolute Gasteiger partial charge is 0.251 e. The largest absolute Gasteiger partial charge is 0.312 e. The van der Waals surface area contributed by atoms with Crippen LogP contribution in [0, 0.1) is 5.82 Å². The number of rotatable bonds is 7. The Morgan fingerprint density at radius 3 is 2.76 bits per heavy atom. The summed E-state index contributed by atoms with van der Waals surface area (Å²) < 4.78 is 39.9. The summed E-state index contributed by atoms with van der Waals surface area (Å²) in [6.45, 7) is 3.45. The Morgan fingerprint density at radius 2 is 2.10 bits per heavy atom. The highest BCUT2D eigenvalue weighted by Crippen LogP contribution is 2.34. The molecule has 0 fully saturated rings. The van der Waals surface area contributed by atoms with Crippen LogP contribution in [-0.4, -0.2) is 31.5 Å². The highest BCUT2D eigenvalue weighted by molar-refractivity contribution is 7.19. The van der Waals surface area contributed by atoms with Gasteiger partial charge in [0.25, 0.3) is 6.43 Å². The van der Waals surface area contributed by atoms with E-state index in [1.165, 1.54) is 22.3 Å². The van der Waals surface area contributed by atoms with Crippen molar-refractivity contribution < 1.29 is 13.2 Å². The topological polar surface area (TPSA) is 15.3 Å². The normalized spacial score (nSPS) is 12.0. The molecule has 1 aromatic carbocycles. The van der Waals surface area contributed by atoms with Gasteiger partial charge in [0.15, 0.2) is 0 Å². The molecule has 0 saturated carbocycles. The minimum absolute atomic E-state index is 0.285. The van der Waals surface area contributed by atoms with Gasteiger partial charge in [0, 0.05) is 28.1 Å². The third-order valence-electron chi connectivity index (χ3n) is 3.26. The van der Waals surface area contributed by atoms with E-state index in [1.54, 1.807) is 13.1 Å². The number of hydrogen-bond acceptors (Lipinski definition) is 3. The molecule has 116 valence electrons. The van der Waals surface area contributed by atoms with Crippen LogP contribution in [0.25, 0.3) is 10.1 Å². The molecular formula is C15H19F3N2S. The van der Waals surface area contributed by atoms with Gasteiger partial charge in [-0.3, -0.25) is 4.90 Å². The van der Waals surface area contributed by atoms with Crippen molar-refractivity contribution in [3.8, 4) is 0 Å². The molecule has 0 aliphatic heterocycles. The van der Waals surface area contributed by atoms with Crippen LogP contribution in [0.5, 0.6) is 0 Å². The van der Waals surface area contributed by atoms with E-state index in [-0.39, 0.29) is 12.4 Å². The van der Waals surface area contributed by atoms with Gasteiger partial charge in [0.2, 0.25) is 0 Å². The number of benzene rings is 1. The van der Waals surface area contributed by atoms with Crippen molar-refractivity contribution in [1.82, 2.24) is 10.2 Å². The number of nitrogens with zero attached hydrogens (tertiary/aromatic N) is 1. The molecule has 0 unspecified atom stereocenters. The molecular weight excluding hydrogens is 297 g/mol. The fourth-order valence-corrected chi connectivity index (χ4v) is 3.53. The van der Waals surface area contributed by atoms with E-state index in [0.29, 0.717) is 18.5 Å². The van der Waals surface area contributed by atoms with Crippen molar-refractivity contribution in [2.75, 3.05) is 20.1 Å². The van der Waals surface area contributed by atoms with E-state index < -0.39 is 6.43 Å². The minimum atomic E-state index is -2.39. The van der Waals surface area contributed by atoms with E-state index in [9.17, 15) is 13.2 Å². The molecule has 0 atom stereocenters. The molecule has 2 nitrogen and oxygen atoms in total. The maximum atomic E-state index is 14.1. The van der Waals surface area contributed by atoms with E-state index in [4.69, 9.17) is 0 Å². The number of hydrogen-bond donors (Lipinski definition) is 1. The Kier molecular flexibility index (Phi) is 5.61. The van der Waals surface area contributed by atoms with Crippen molar-refractivity contribution in [2.45, 2.75) is 26.4 Å². The first-order valence-electron chi connectivity index (χ1n) is 6.89. The molecule has 0 aliphatic carbocycles. The van der Waals surface area contributed by atoms with Crippen LogP contribution in [0.4, 0.5) is 13.2 Å². The molecule has 2 rings (SSSR count). The summed E-state index contributed by atoms with van der Waals surface area (Å²) in [5, 5.41) is 3.79. The Morgan fingerprint density at radius 1 is 1.33 bits per heavy atom. The van der Waals surface area contributed by atoms with Crippen molar-refractivity contribution in [3.63, 3.8) is 0 Å². The lowest BCUT2D eigenvalue weighted by Crippen LogP contribution is -2.25. The van der Waals surface area contributed by atoms with Gasteiger partial charge >= 0.3 is 0 Å². The van der Waals surface area contributed by atoms with Crippen LogP contribution in [0.15, 0.2) is 18.2 Å². The fraction of sp³-hybridized carbons (Fsp3) is 0.467. The zero-order valence-corrected chi connectivity index (χ0v) is 12.9. The summed E-state index contributed by atoms with van der Waals surface area (Å²) in [5.41, 5.74) is 0.817. The van der Waals surface area contributed by atoms with Crippen LogP contribution in [-0.2, 0) is 13.1 Å². The number of alkyl halides is 2. The lowest BCUT2D eigenvalue weighted by molar-refractivity contribution is 0.0976. The third kappa shape index (κ3) is 3.96. The van der Waals surface area contributed by atoms with Gasteiger partial charge in [-0.25, -0.2) is 13.2 Å². The molecule has 2 aromatic rings. The summed E-state index contributed by atoms with van der Waals surface area (Å²) in [7, 11) is 1.63. The average molecular weight is 316 g/mol. The first-order valence-corrected chi connectivity index (χ1v) is 7.70. The molecule has 0 radical (unpaired) electrons. The van der Waals surface area contributed by atoms with E-state index in [2.05, 4.69) is 5.32 Å².